The maximum Gasteiger partial charge on any atom is 0.331 e. The highest BCUT2D eigenvalue weighted by Crippen LogP contribution is 2.14. The number of fused-ring (bicyclic) bond motifs is 1. The first-order valence-corrected chi connectivity index (χ1v) is 6.70. The van der Waals surface area contributed by atoms with E-state index in [9.17, 15) is 14.0 Å². The number of rotatable bonds is 0. The van der Waals surface area contributed by atoms with Gasteiger partial charge in [0.1, 0.15) is 6.17 Å². The van der Waals surface area contributed by atoms with Crippen LogP contribution in [0.4, 0.5) is 9.18 Å². The summed E-state index contributed by atoms with van der Waals surface area (Å²) in [6.45, 7) is 0.721. The second kappa shape index (κ2) is 5.07. The number of carbonyl (C=O) groups is 1. The molecule has 0 saturated carbocycles. The molecule has 1 fully saturated rings. The monoisotopic (exact) mass is 274 g/mol. The molecule has 0 radical (unpaired) electrons. The average Bonchev–Trinajstić information content (AvgIpc) is 2.48. The predicted octanol–water partition coefficient (Wildman–Crippen LogP) is 2.40. The summed E-state index contributed by atoms with van der Waals surface area (Å²) in [5.74, 6) is 0. The van der Waals surface area contributed by atoms with E-state index in [4.69, 9.17) is 0 Å². The second-order valence-corrected chi connectivity index (χ2v) is 5.02. The molecule has 2 aromatic rings. The van der Waals surface area contributed by atoms with Crippen molar-refractivity contribution in [1.82, 2.24) is 9.47 Å². The Morgan fingerprint density at radius 3 is 2.60 bits per heavy atom. The van der Waals surface area contributed by atoms with Crippen LogP contribution >= 0.6 is 0 Å². The van der Waals surface area contributed by atoms with Crippen molar-refractivity contribution in [3.63, 3.8) is 0 Å². The first-order valence-electron chi connectivity index (χ1n) is 6.70. The molecule has 104 valence electrons. The third-order valence-corrected chi connectivity index (χ3v) is 3.71. The van der Waals surface area contributed by atoms with Crippen molar-refractivity contribution in [3.05, 3.63) is 46.9 Å². The SMILES string of the molecule is O=C(N1CCC(F)CC1)n1ccc2ccccc2c1=O. The number of nitrogens with zero attached hydrogens (tertiary/aromatic N) is 2. The number of likely N-dealkylation sites (tertiary alicyclic amines) is 1. The Kier molecular flexibility index (Phi) is 3.26. The van der Waals surface area contributed by atoms with Crippen LogP contribution in [0.2, 0.25) is 0 Å². The van der Waals surface area contributed by atoms with Crippen LogP contribution in [0.15, 0.2) is 41.3 Å². The van der Waals surface area contributed by atoms with Crippen LogP contribution in [0.1, 0.15) is 12.8 Å². The summed E-state index contributed by atoms with van der Waals surface area (Å²) in [4.78, 5) is 26.2. The van der Waals surface area contributed by atoms with Gasteiger partial charge in [-0.05, 0) is 30.4 Å². The van der Waals surface area contributed by atoms with Crippen LogP contribution in [-0.2, 0) is 0 Å². The van der Waals surface area contributed by atoms with Crippen molar-refractivity contribution < 1.29 is 9.18 Å². The lowest BCUT2D eigenvalue weighted by atomic mass is 10.1. The standard InChI is InChI=1S/C15H15FN2O2/c16-12-6-8-17(9-7-12)15(20)18-10-5-11-3-1-2-4-13(11)14(18)19/h1-5,10,12H,6-9H2. The third-order valence-electron chi connectivity index (χ3n) is 3.71. The minimum atomic E-state index is -0.840. The molecule has 1 amide bonds. The van der Waals surface area contributed by atoms with Crippen molar-refractivity contribution in [2.45, 2.75) is 19.0 Å². The Labute approximate surface area is 115 Å². The summed E-state index contributed by atoms with van der Waals surface area (Å²) >= 11 is 0. The van der Waals surface area contributed by atoms with Crippen molar-refractivity contribution >= 4 is 16.8 Å². The van der Waals surface area contributed by atoms with E-state index in [0.717, 1.165) is 9.95 Å². The molecule has 5 heteroatoms. The van der Waals surface area contributed by atoms with E-state index in [1.165, 1.54) is 11.1 Å². The molecule has 1 aliphatic heterocycles. The summed E-state index contributed by atoms with van der Waals surface area (Å²) in [7, 11) is 0. The zero-order valence-electron chi connectivity index (χ0n) is 11.0. The molecule has 4 nitrogen and oxygen atoms in total. The fourth-order valence-electron chi connectivity index (χ4n) is 2.53. The van der Waals surface area contributed by atoms with Crippen molar-refractivity contribution in [2.24, 2.45) is 0 Å². The van der Waals surface area contributed by atoms with Gasteiger partial charge in [-0.2, -0.15) is 0 Å². The summed E-state index contributed by atoms with van der Waals surface area (Å²) in [5.41, 5.74) is -0.324. The molecule has 1 saturated heterocycles. The molecule has 0 N–H and O–H groups in total. The van der Waals surface area contributed by atoms with Crippen LogP contribution in [0.5, 0.6) is 0 Å². The number of amides is 1. The Bertz CT molecular complexity index is 702. The van der Waals surface area contributed by atoms with Crippen molar-refractivity contribution in [1.29, 1.82) is 0 Å². The van der Waals surface area contributed by atoms with Gasteiger partial charge in [0, 0.05) is 24.7 Å². The van der Waals surface area contributed by atoms with Crippen LogP contribution in [0, 0.1) is 0 Å². The number of piperidine rings is 1. The van der Waals surface area contributed by atoms with E-state index < -0.39 is 6.17 Å². The number of halogens is 1. The molecule has 1 aliphatic rings. The van der Waals surface area contributed by atoms with E-state index in [0.29, 0.717) is 31.3 Å². The molecule has 0 aliphatic carbocycles. The lowest BCUT2D eigenvalue weighted by Gasteiger charge is -2.28. The summed E-state index contributed by atoms with van der Waals surface area (Å²) in [6.07, 6.45) is 1.34. The van der Waals surface area contributed by atoms with Gasteiger partial charge in [-0.25, -0.2) is 13.8 Å². The topological polar surface area (TPSA) is 42.3 Å². The quantitative estimate of drug-likeness (QED) is 0.740. The van der Waals surface area contributed by atoms with E-state index in [1.54, 1.807) is 18.2 Å². The molecule has 1 aromatic carbocycles. The minimum absolute atomic E-state index is 0.324. The Morgan fingerprint density at radius 2 is 1.85 bits per heavy atom. The maximum atomic E-state index is 13.1. The van der Waals surface area contributed by atoms with Gasteiger partial charge in [0.05, 0.1) is 0 Å². The van der Waals surface area contributed by atoms with Gasteiger partial charge >= 0.3 is 6.03 Å². The number of carbonyl (C=O) groups excluding carboxylic acids is 1. The highest BCUT2D eigenvalue weighted by Gasteiger charge is 2.24. The lowest BCUT2D eigenvalue weighted by molar-refractivity contribution is 0.153. The van der Waals surface area contributed by atoms with Gasteiger partial charge < -0.3 is 4.90 Å². The minimum Gasteiger partial charge on any atom is -0.324 e. The molecule has 0 spiro atoms. The van der Waals surface area contributed by atoms with Crippen LogP contribution in [0.3, 0.4) is 0 Å². The fraction of sp³-hybridized carbons (Fsp3) is 0.333. The average molecular weight is 274 g/mol. The smallest absolute Gasteiger partial charge is 0.324 e. The molecule has 3 rings (SSSR count). The molecular formula is C15H15FN2O2. The Morgan fingerprint density at radius 1 is 1.15 bits per heavy atom. The molecule has 2 heterocycles. The second-order valence-electron chi connectivity index (χ2n) is 5.02. The molecule has 0 bridgehead atoms. The molecule has 0 atom stereocenters. The molecule has 0 unspecified atom stereocenters. The van der Waals surface area contributed by atoms with Gasteiger partial charge in [-0.3, -0.25) is 4.79 Å². The van der Waals surface area contributed by atoms with Gasteiger partial charge in [0.15, 0.2) is 0 Å². The highest BCUT2D eigenvalue weighted by molar-refractivity contribution is 5.85. The summed E-state index contributed by atoms with van der Waals surface area (Å²) in [6, 6.07) is 8.53. The molecular weight excluding hydrogens is 259 g/mol. The van der Waals surface area contributed by atoms with Gasteiger partial charge in [0.25, 0.3) is 5.56 Å². The van der Waals surface area contributed by atoms with Gasteiger partial charge in [-0.1, -0.05) is 18.2 Å². The zero-order valence-corrected chi connectivity index (χ0v) is 11.0. The molecule has 1 aromatic heterocycles. The first kappa shape index (κ1) is 12.8. The fourth-order valence-corrected chi connectivity index (χ4v) is 2.53. The Hall–Kier alpha value is -2.17. The lowest BCUT2D eigenvalue weighted by Crippen LogP contribution is -2.44. The zero-order chi connectivity index (χ0) is 14.1. The molecule has 20 heavy (non-hydrogen) atoms. The number of pyridine rings is 1. The van der Waals surface area contributed by atoms with E-state index in [1.807, 2.05) is 12.1 Å². The number of benzene rings is 1. The van der Waals surface area contributed by atoms with Crippen molar-refractivity contribution in [2.75, 3.05) is 13.1 Å². The van der Waals surface area contributed by atoms with Gasteiger partial charge in [0.2, 0.25) is 0 Å². The van der Waals surface area contributed by atoms with Crippen LogP contribution in [-0.4, -0.2) is 34.8 Å². The number of aromatic nitrogens is 1. The normalized spacial score (nSPS) is 16.6. The summed E-state index contributed by atoms with van der Waals surface area (Å²) in [5, 5.41) is 1.33. The van der Waals surface area contributed by atoms with Crippen LogP contribution in [0.25, 0.3) is 10.8 Å². The predicted molar refractivity (Wildman–Crippen MR) is 74.7 cm³/mol. The first-order chi connectivity index (χ1) is 9.66. The maximum absolute atomic E-state index is 13.1. The third kappa shape index (κ3) is 2.19. The van der Waals surface area contributed by atoms with Crippen LogP contribution < -0.4 is 5.56 Å². The number of hydrogen-bond donors (Lipinski definition) is 0. The van der Waals surface area contributed by atoms with E-state index in [2.05, 4.69) is 0 Å². The number of hydrogen-bond acceptors (Lipinski definition) is 2. The Balaban J connectivity index is 1.96. The van der Waals surface area contributed by atoms with E-state index >= 15 is 0 Å². The summed E-state index contributed by atoms with van der Waals surface area (Å²) < 4.78 is 14.2. The largest absolute Gasteiger partial charge is 0.331 e. The van der Waals surface area contributed by atoms with Crippen molar-refractivity contribution in [3.8, 4) is 0 Å². The van der Waals surface area contributed by atoms with Gasteiger partial charge in [-0.15, -0.1) is 0 Å². The highest BCUT2D eigenvalue weighted by atomic mass is 19.1. The number of alkyl halides is 1. The van der Waals surface area contributed by atoms with E-state index in [-0.39, 0.29) is 11.6 Å².